The summed E-state index contributed by atoms with van der Waals surface area (Å²) >= 11 is 0. The van der Waals surface area contributed by atoms with Crippen LogP contribution >= 0.6 is 0 Å². The van der Waals surface area contributed by atoms with Crippen molar-refractivity contribution >= 4 is 0 Å². The molecule has 1 saturated carbocycles. The van der Waals surface area contributed by atoms with Crippen LogP contribution in [-0.2, 0) is 0 Å². The van der Waals surface area contributed by atoms with E-state index in [2.05, 4.69) is 24.5 Å². The van der Waals surface area contributed by atoms with Gasteiger partial charge in [0, 0.05) is 6.04 Å². The van der Waals surface area contributed by atoms with Gasteiger partial charge in [0.15, 0.2) is 0 Å². The van der Waals surface area contributed by atoms with Gasteiger partial charge in [0.25, 0.3) is 0 Å². The fraction of sp³-hybridized carbons (Fsp3) is 1.00. The van der Waals surface area contributed by atoms with Gasteiger partial charge >= 0.3 is 0 Å². The fourth-order valence-corrected chi connectivity index (χ4v) is 1.77. The van der Waals surface area contributed by atoms with E-state index in [1.807, 2.05) is 0 Å². The second kappa shape index (κ2) is 5.55. The second-order valence-corrected chi connectivity index (χ2v) is 3.93. The van der Waals surface area contributed by atoms with Crippen molar-refractivity contribution in [1.29, 1.82) is 0 Å². The molecule has 0 aromatic carbocycles. The number of hydrogen-bond acceptors (Lipinski definition) is 2. The maximum atomic E-state index is 3.57. The fourth-order valence-electron chi connectivity index (χ4n) is 1.77. The Kier molecular flexibility index (Phi) is 4.62. The van der Waals surface area contributed by atoms with Crippen LogP contribution in [0, 0.1) is 5.92 Å². The van der Waals surface area contributed by atoms with Gasteiger partial charge in [-0.25, -0.2) is 0 Å². The second-order valence-electron chi connectivity index (χ2n) is 3.93. The van der Waals surface area contributed by atoms with E-state index in [0.717, 1.165) is 25.0 Å². The van der Waals surface area contributed by atoms with E-state index in [-0.39, 0.29) is 0 Å². The lowest BCUT2D eigenvalue weighted by molar-refractivity contribution is 0.241. The first-order valence-corrected chi connectivity index (χ1v) is 5.27. The van der Waals surface area contributed by atoms with Crippen LogP contribution in [0.1, 0.15) is 33.1 Å². The smallest absolute Gasteiger partial charge is 0.00721 e. The third-order valence-electron chi connectivity index (χ3n) is 2.59. The van der Waals surface area contributed by atoms with Gasteiger partial charge in [-0.1, -0.05) is 13.8 Å². The maximum absolute atomic E-state index is 3.57. The van der Waals surface area contributed by atoms with Gasteiger partial charge in [-0.15, -0.1) is 0 Å². The Morgan fingerprint density at radius 2 is 2.00 bits per heavy atom. The first-order chi connectivity index (χ1) is 5.83. The van der Waals surface area contributed by atoms with Gasteiger partial charge in [-0.2, -0.15) is 0 Å². The first-order valence-electron chi connectivity index (χ1n) is 5.27. The predicted octanol–water partition coefficient (Wildman–Crippen LogP) is 1.37. The highest BCUT2D eigenvalue weighted by Crippen LogP contribution is 2.25. The molecule has 0 aliphatic heterocycles. The predicted molar refractivity (Wildman–Crippen MR) is 53.3 cm³/mol. The number of nitrogens with one attached hydrogen (secondary N) is 2. The van der Waals surface area contributed by atoms with Gasteiger partial charge in [0.05, 0.1) is 0 Å². The van der Waals surface area contributed by atoms with Crippen molar-refractivity contribution < 1.29 is 0 Å². The maximum Gasteiger partial charge on any atom is 0.00721 e. The van der Waals surface area contributed by atoms with Crippen LogP contribution in [0.25, 0.3) is 0 Å². The molecule has 1 aliphatic rings. The highest BCUT2D eigenvalue weighted by molar-refractivity contribution is 4.81. The molecule has 1 aliphatic carbocycles. The lowest BCUT2D eigenvalue weighted by Gasteiger charge is -2.33. The summed E-state index contributed by atoms with van der Waals surface area (Å²) in [7, 11) is 0. The molecule has 1 fully saturated rings. The Morgan fingerprint density at radius 1 is 1.25 bits per heavy atom. The molecule has 0 aromatic heterocycles. The summed E-state index contributed by atoms with van der Waals surface area (Å²) < 4.78 is 0. The van der Waals surface area contributed by atoms with Crippen LogP contribution in [0.15, 0.2) is 0 Å². The van der Waals surface area contributed by atoms with E-state index < -0.39 is 0 Å². The van der Waals surface area contributed by atoms with Crippen molar-refractivity contribution in [2.75, 3.05) is 19.6 Å². The Balaban J connectivity index is 1.77. The minimum Gasteiger partial charge on any atom is -0.317 e. The standard InChI is InChI=1S/C10H22N2/c1-3-11-5-4-6-12-10-7-9(2)8-10/h9-12H,3-8H2,1-2H3. The molecule has 0 radical (unpaired) electrons. The average molecular weight is 170 g/mol. The van der Waals surface area contributed by atoms with Crippen molar-refractivity contribution in [2.24, 2.45) is 5.92 Å². The molecule has 0 aromatic rings. The van der Waals surface area contributed by atoms with Crippen molar-refractivity contribution in [2.45, 2.75) is 39.2 Å². The van der Waals surface area contributed by atoms with Gasteiger partial charge in [-0.3, -0.25) is 0 Å². The molecule has 0 bridgehead atoms. The van der Waals surface area contributed by atoms with Crippen LogP contribution in [0.2, 0.25) is 0 Å². The normalized spacial score (nSPS) is 28.5. The third-order valence-corrected chi connectivity index (χ3v) is 2.59. The Hall–Kier alpha value is -0.0800. The Labute approximate surface area is 76.1 Å². The number of hydrogen-bond donors (Lipinski definition) is 2. The lowest BCUT2D eigenvalue weighted by Crippen LogP contribution is -2.41. The summed E-state index contributed by atoms with van der Waals surface area (Å²) in [4.78, 5) is 0. The van der Waals surface area contributed by atoms with E-state index in [1.54, 1.807) is 0 Å². The zero-order valence-electron chi connectivity index (χ0n) is 8.40. The van der Waals surface area contributed by atoms with Crippen LogP contribution in [-0.4, -0.2) is 25.7 Å². The van der Waals surface area contributed by atoms with E-state index in [1.165, 1.54) is 25.8 Å². The van der Waals surface area contributed by atoms with Crippen molar-refractivity contribution in [3.63, 3.8) is 0 Å². The molecule has 0 heterocycles. The summed E-state index contributed by atoms with van der Waals surface area (Å²) in [5.41, 5.74) is 0. The summed E-state index contributed by atoms with van der Waals surface area (Å²) in [6.45, 7) is 7.93. The quantitative estimate of drug-likeness (QED) is 0.588. The van der Waals surface area contributed by atoms with Gasteiger partial charge < -0.3 is 10.6 Å². The lowest BCUT2D eigenvalue weighted by atomic mass is 9.82. The van der Waals surface area contributed by atoms with Crippen molar-refractivity contribution in [3.05, 3.63) is 0 Å². The molecule has 0 unspecified atom stereocenters. The number of rotatable bonds is 6. The summed E-state index contributed by atoms with van der Waals surface area (Å²) in [6, 6.07) is 0.835. The minimum absolute atomic E-state index is 0.835. The van der Waals surface area contributed by atoms with Crippen LogP contribution in [0.3, 0.4) is 0 Å². The molecule has 0 spiro atoms. The summed E-state index contributed by atoms with van der Waals surface area (Å²) in [5.74, 6) is 0.969. The molecule has 0 amide bonds. The molecule has 2 nitrogen and oxygen atoms in total. The highest BCUT2D eigenvalue weighted by Gasteiger charge is 2.23. The topological polar surface area (TPSA) is 24.1 Å². The highest BCUT2D eigenvalue weighted by atomic mass is 14.9. The van der Waals surface area contributed by atoms with E-state index in [0.29, 0.717) is 0 Å². The van der Waals surface area contributed by atoms with Gasteiger partial charge in [0.1, 0.15) is 0 Å². The molecule has 72 valence electrons. The summed E-state index contributed by atoms with van der Waals surface area (Å²) in [6.07, 6.45) is 4.04. The van der Waals surface area contributed by atoms with Gasteiger partial charge in [0.2, 0.25) is 0 Å². The molecule has 0 saturated heterocycles. The Bertz CT molecular complexity index is 108. The van der Waals surface area contributed by atoms with Crippen molar-refractivity contribution in [1.82, 2.24) is 10.6 Å². The van der Waals surface area contributed by atoms with Crippen LogP contribution < -0.4 is 10.6 Å². The molecular formula is C10H22N2. The van der Waals surface area contributed by atoms with Crippen LogP contribution in [0.4, 0.5) is 0 Å². The molecule has 12 heavy (non-hydrogen) atoms. The van der Waals surface area contributed by atoms with Gasteiger partial charge in [-0.05, 0) is 44.8 Å². The minimum atomic E-state index is 0.835. The van der Waals surface area contributed by atoms with E-state index in [9.17, 15) is 0 Å². The third kappa shape index (κ3) is 3.55. The largest absolute Gasteiger partial charge is 0.317 e. The van der Waals surface area contributed by atoms with Crippen LogP contribution in [0.5, 0.6) is 0 Å². The summed E-state index contributed by atoms with van der Waals surface area (Å²) in [5, 5.41) is 6.90. The first kappa shape index (κ1) is 10.0. The zero-order valence-corrected chi connectivity index (χ0v) is 8.40. The molecule has 2 N–H and O–H groups in total. The molecule has 1 rings (SSSR count). The molecule has 2 heteroatoms. The average Bonchev–Trinajstić information content (AvgIpc) is 2.00. The molecule has 0 atom stereocenters. The SMILES string of the molecule is CCNCCCNC1CC(C)C1. The Morgan fingerprint density at radius 3 is 2.58 bits per heavy atom. The monoisotopic (exact) mass is 170 g/mol. The van der Waals surface area contributed by atoms with E-state index in [4.69, 9.17) is 0 Å². The van der Waals surface area contributed by atoms with E-state index >= 15 is 0 Å². The zero-order chi connectivity index (χ0) is 8.81. The van der Waals surface area contributed by atoms with Crippen molar-refractivity contribution in [3.8, 4) is 0 Å². The molecular weight excluding hydrogens is 148 g/mol.